The maximum atomic E-state index is 6.18. The molecule has 9 aromatic carbocycles. The van der Waals surface area contributed by atoms with E-state index in [1.807, 2.05) is 12.1 Å². The molecule has 1 nitrogen and oxygen atoms in total. The molecule has 0 bridgehead atoms. The third kappa shape index (κ3) is 3.97. The summed E-state index contributed by atoms with van der Waals surface area (Å²) >= 11 is 0. The summed E-state index contributed by atoms with van der Waals surface area (Å²) in [6.45, 7) is 0. The Labute approximate surface area is 271 Å². The van der Waals surface area contributed by atoms with Crippen molar-refractivity contribution < 1.29 is 4.42 Å². The fourth-order valence-corrected chi connectivity index (χ4v) is 7.74. The Morgan fingerprint density at radius 3 is 1.49 bits per heavy atom. The largest absolute Gasteiger partial charge is 0.456 e. The Kier molecular flexibility index (Phi) is 5.64. The lowest BCUT2D eigenvalue weighted by atomic mass is 9.83. The molecule has 10 aromatic rings. The fourth-order valence-electron chi connectivity index (χ4n) is 7.74. The Morgan fingerprint density at radius 1 is 0.277 bits per heavy atom. The molecule has 47 heavy (non-hydrogen) atoms. The summed E-state index contributed by atoms with van der Waals surface area (Å²) in [7, 11) is 0. The van der Waals surface area contributed by atoms with Crippen LogP contribution < -0.4 is 0 Å². The minimum atomic E-state index is 0.914. The van der Waals surface area contributed by atoms with Crippen molar-refractivity contribution in [2.75, 3.05) is 0 Å². The van der Waals surface area contributed by atoms with Crippen LogP contribution in [-0.2, 0) is 0 Å². The molecule has 0 aliphatic heterocycles. The average molecular weight is 597 g/mol. The number of fused-ring (bicyclic) bond motifs is 7. The van der Waals surface area contributed by atoms with Gasteiger partial charge in [0.15, 0.2) is 0 Å². The molecule has 0 amide bonds. The molecular weight excluding hydrogens is 569 g/mol. The summed E-state index contributed by atoms with van der Waals surface area (Å²) in [5.74, 6) is 0. The van der Waals surface area contributed by atoms with Crippen LogP contribution in [-0.4, -0.2) is 0 Å². The van der Waals surface area contributed by atoms with E-state index in [2.05, 4.69) is 158 Å². The molecule has 1 aromatic heterocycles. The zero-order valence-electron chi connectivity index (χ0n) is 25.6. The van der Waals surface area contributed by atoms with Gasteiger partial charge in [-0.3, -0.25) is 0 Å². The highest BCUT2D eigenvalue weighted by atomic mass is 16.3. The summed E-state index contributed by atoms with van der Waals surface area (Å²) in [5, 5.41) is 12.3. The van der Waals surface area contributed by atoms with Gasteiger partial charge in [0.25, 0.3) is 0 Å². The van der Waals surface area contributed by atoms with Crippen LogP contribution in [0.25, 0.3) is 98.4 Å². The van der Waals surface area contributed by atoms with Crippen LogP contribution in [0.5, 0.6) is 0 Å². The van der Waals surface area contributed by atoms with Gasteiger partial charge in [0.2, 0.25) is 0 Å². The van der Waals surface area contributed by atoms with Gasteiger partial charge in [0.05, 0.1) is 0 Å². The van der Waals surface area contributed by atoms with Crippen molar-refractivity contribution in [3.05, 3.63) is 170 Å². The van der Waals surface area contributed by atoms with E-state index in [0.717, 1.165) is 21.9 Å². The lowest BCUT2D eigenvalue weighted by Gasteiger charge is -2.20. The number of para-hydroxylation sites is 1. The summed E-state index contributed by atoms with van der Waals surface area (Å²) in [5.41, 5.74) is 9.27. The second-order valence-corrected chi connectivity index (χ2v) is 12.4. The normalized spacial score (nSPS) is 11.8. The molecule has 0 aliphatic carbocycles. The first-order valence-electron chi connectivity index (χ1n) is 16.2. The number of benzene rings is 9. The molecule has 0 aliphatic rings. The summed E-state index contributed by atoms with van der Waals surface area (Å²) in [4.78, 5) is 0. The number of rotatable bonds is 3. The predicted octanol–water partition coefficient (Wildman–Crippen LogP) is 13.2. The second-order valence-electron chi connectivity index (χ2n) is 12.4. The highest BCUT2D eigenvalue weighted by molar-refractivity contribution is 6.25. The van der Waals surface area contributed by atoms with Crippen molar-refractivity contribution in [1.29, 1.82) is 0 Å². The maximum Gasteiger partial charge on any atom is 0.135 e. The highest BCUT2D eigenvalue weighted by Crippen LogP contribution is 2.47. The molecule has 0 N–H and O–H groups in total. The average Bonchev–Trinajstić information content (AvgIpc) is 3.51. The lowest BCUT2D eigenvalue weighted by Crippen LogP contribution is -1.93. The van der Waals surface area contributed by atoms with E-state index in [9.17, 15) is 0 Å². The van der Waals surface area contributed by atoms with Crippen molar-refractivity contribution >= 4 is 65.0 Å². The molecule has 1 heteroatoms. The Balaban J connectivity index is 1.31. The van der Waals surface area contributed by atoms with Crippen LogP contribution >= 0.6 is 0 Å². The van der Waals surface area contributed by atoms with Gasteiger partial charge in [-0.25, -0.2) is 0 Å². The SMILES string of the molecule is c1ccc2c(-c3c4ccccc4c(-c4cc(-c5ccc6oc7ccccc7c6c5)cc5ccccc45)c4ccccc34)cccc2c1. The van der Waals surface area contributed by atoms with Crippen LogP contribution in [0.1, 0.15) is 0 Å². The summed E-state index contributed by atoms with van der Waals surface area (Å²) < 4.78 is 6.18. The van der Waals surface area contributed by atoms with Gasteiger partial charge < -0.3 is 4.42 Å². The molecule has 0 fully saturated rings. The zero-order valence-corrected chi connectivity index (χ0v) is 25.6. The molecule has 0 saturated carbocycles. The van der Waals surface area contributed by atoms with Gasteiger partial charge in [-0.1, -0.05) is 140 Å². The van der Waals surface area contributed by atoms with Crippen LogP contribution in [0.4, 0.5) is 0 Å². The minimum Gasteiger partial charge on any atom is -0.456 e. The predicted molar refractivity (Wildman–Crippen MR) is 200 cm³/mol. The minimum absolute atomic E-state index is 0.914. The van der Waals surface area contributed by atoms with Crippen LogP contribution in [0.15, 0.2) is 174 Å². The number of furan rings is 1. The van der Waals surface area contributed by atoms with E-state index in [4.69, 9.17) is 4.42 Å². The Bertz CT molecular complexity index is 2790. The lowest BCUT2D eigenvalue weighted by molar-refractivity contribution is 0.669. The first-order valence-corrected chi connectivity index (χ1v) is 16.2. The quantitative estimate of drug-likeness (QED) is 0.185. The van der Waals surface area contributed by atoms with Gasteiger partial charge in [0.1, 0.15) is 11.2 Å². The molecule has 0 saturated heterocycles. The van der Waals surface area contributed by atoms with Gasteiger partial charge in [-0.15, -0.1) is 0 Å². The molecule has 0 atom stereocenters. The first kappa shape index (κ1) is 26.1. The van der Waals surface area contributed by atoms with Gasteiger partial charge in [0, 0.05) is 10.8 Å². The molecule has 0 radical (unpaired) electrons. The van der Waals surface area contributed by atoms with E-state index in [-0.39, 0.29) is 0 Å². The van der Waals surface area contributed by atoms with Crippen molar-refractivity contribution in [2.24, 2.45) is 0 Å². The second kappa shape index (κ2) is 10.2. The third-order valence-corrected chi connectivity index (χ3v) is 9.83. The van der Waals surface area contributed by atoms with E-state index in [1.54, 1.807) is 0 Å². The van der Waals surface area contributed by atoms with E-state index in [1.165, 1.54) is 76.5 Å². The van der Waals surface area contributed by atoms with Gasteiger partial charge >= 0.3 is 0 Å². The monoisotopic (exact) mass is 596 g/mol. The highest BCUT2D eigenvalue weighted by Gasteiger charge is 2.20. The summed E-state index contributed by atoms with van der Waals surface area (Å²) in [6, 6.07) is 61.7. The van der Waals surface area contributed by atoms with Crippen LogP contribution in [0, 0.1) is 0 Å². The molecule has 10 rings (SSSR count). The van der Waals surface area contributed by atoms with Crippen molar-refractivity contribution in [1.82, 2.24) is 0 Å². The van der Waals surface area contributed by atoms with E-state index >= 15 is 0 Å². The smallest absolute Gasteiger partial charge is 0.135 e. The molecule has 218 valence electrons. The summed E-state index contributed by atoms with van der Waals surface area (Å²) in [6.07, 6.45) is 0. The van der Waals surface area contributed by atoms with Crippen molar-refractivity contribution in [2.45, 2.75) is 0 Å². The number of hydrogen-bond donors (Lipinski definition) is 0. The fraction of sp³-hybridized carbons (Fsp3) is 0. The molecule has 0 unspecified atom stereocenters. The standard InChI is InChI=1S/C46H28O/c1-3-15-33-29(12-1)14-11-22-36(33)45-37-18-5-7-20-39(37)46(40-21-8-6-19-38(40)45)42-28-32(26-31-13-2-4-16-34(31)42)30-24-25-44-41(27-30)35-17-9-10-23-43(35)47-44/h1-28H. The van der Waals surface area contributed by atoms with Gasteiger partial charge in [-0.2, -0.15) is 0 Å². The first-order chi connectivity index (χ1) is 23.3. The maximum absolute atomic E-state index is 6.18. The Hall–Kier alpha value is -6.18. The van der Waals surface area contributed by atoms with E-state index < -0.39 is 0 Å². The van der Waals surface area contributed by atoms with Crippen molar-refractivity contribution in [3.63, 3.8) is 0 Å². The molecule has 1 heterocycles. The third-order valence-electron chi connectivity index (χ3n) is 9.83. The topological polar surface area (TPSA) is 13.1 Å². The van der Waals surface area contributed by atoms with Crippen LogP contribution in [0.3, 0.4) is 0 Å². The zero-order chi connectivity index (χ0) is 30.9. The van der Waals surface area contributed by atoms with Crippen molar-refractivity contribution in [3.8, 4) is 33.4 Å². The molecule has 0 spiro atoms. The van der Waals surface area contributed by atoms with Gasteiger partial charge in [-0.05, 0) is 107 Å². The molecular formula is C46H28O. The van der Waals surface area contributed by atoms with E-state index in [0.29, 0.717) is 0 Å². The van der Waals surface area contributed by atoms with Crippen LogP contribution in [0.2, 0.25) is 0 Å². The number of hydrogen-bond acceptors (Lipinski definition) is 1. The Morgan fingerprint density at radius 2 is 0.787 bits per heavy atom.